The standard InChI is InChI=1S/C26H25F3N6O3S/c1-39(37,38)23-10-17(12-30)7-8-22(23)24-18(13-31)14-34(21-6-2-4-19(11-21)26(27,28)29)16-35(24)25(36)33-9-3-5-20(32)15-33/h2,4,6-8,10-11,14,20,24H,3,5,9,15-16,32H2,1H3/t20-,24+/m1/s1. The molecule has 2 heterocycles. The van der Waals surface area contributed by atoms with E-state index in [-0.39, 0.29) is 46.5 Å². The molecule has 204 valence electrons. The highest BCUT2D eigenvalue weighted by molar-refractivity contribution is 7.90. The van der Waals surface area contributed by atoms with Crippen molar-refractivity contribution in [2.24, 2.45) is 5.73 Å². The molecule has 0 aromatic heterocycles. The van der Waals surface area contributed by atoms with Crippen molar-refractivity contribution in [3.8, 4) is 12.1 Å². The molecule has 0 saturated carbocycles. The van der Waals surface area contributed by atoms with Crippen LogP contribution in [0.5, 0.6) is 0 Å². The minimum atomic E-state index is -4.61. The molecule has 39 heavy (non-hydrogen) atoms. The van der Waals surface area contributed by atoms with E-state index in [1.165, 1.54) is 51.2 Å². The summed E-state index contributed by atoms with van der Waals surface area (Å²) in [7, 11) is -3.92. The largest absolute Gasteiger partial charge is 0.416 e. The number of anilines is 1. The van der Waals surface area contributed by atoms with Gasteiger partial charge in [-0.05, 0) is 48.7 Å². The van der Waals surface area contributed by atoms with Crippen LogP contribution in [0.2, 0.25) is 0 Å². The van der Waals surface area contributed by atoms with Crippen LogP contribution in [0.4, 0.5) is 23.7 Å². The van der Waals surface area contributed by atoms with Crippen molar-refractivity contribution in [2.45, 2.75) is 36.0 Å². The van der Waals surface area contributed by atoms with Crippen molar-refractivity contribution < 1.29 is 26.4 Å². The summed E-state index contributed by atoms with van der Waals surface area (Å²) in [5.74, 6) is 0. The van der Waals surface area contributed by atoms with Gasteiger partial charge in [0.2, 0.25) is 0 Å². The summed E-state index contributed by atoms with van der Waals surface area (Å²) < 4.78 is 65.7. The summed E-state index contributed by atoms with van der Waals surface area (Å²) in [6.07, 6.45) is -0.995. The Kier molecular flexibility index (Phi) is 7.59. The lowest BCUT2D eigenvalue weighted by atomic mass is 9.95. The predicted octanol–water partition coefficient (Wildman–Crippen LogP) is 3.75. The highest BCUT2D eigenvalue weighted by Gasteiger charge is 2.40. The first-order chi connectivity index (χ1) is 18.3. The average Bonchev–Trinajstić information content (AvgIpc) is 2.90. The highest BCUT2D eigenvalue weighted by atomic mass is 32.2. The lowest BCUT2D eigenvalue weighted by molar-refractivity contribution is -0.137. The van der Waals surface area contributed by atoms with Crippen LogP contribution in [0.1, 0.15) is 35.6 Å². The fourth-order valence-corrected chi connectivity index (χ4v) is 5.77. The monoisotopic (exact) mass is 558 g/mol. The Morgan fingerprint density at radius 2 is 1.87 bits per heavy atom. The van der Waals surface area contributed by atoms with Gasteiger partial charge in [0.05, 0.1) is 39.8 Å². The van der Waals surface area contributed by atoms with Gasteiger partial charge >= 0.3 is 12.2 Å². The maximum Gasteiger partial charge on any atom is 0.416 e. The first-order valence-electron chi connectivity index (χ1n) is 11.9. The molecule has 0 radical (unpaired) electrons. The van der Waals surface area contributed by atoms with Crippen molar-refractivity contribution in [3.05, 3.63) is 70.9 Å². The summed E-state index contributed by atoms with van der Waals surface area (Å²) in [4.78, 5) is 17.7. The number of rotatable bonds is 3. The second-order valence-electron chi connectivity index (χ2n) is 9.50. The minimum Gasteiger partial charge on any atom is -0.329 e. The van der Waals surface area contributed by atoms with Gasteiger partial charge in [-0.25, -0.2) is 13.2 Å². The normalized spacial score (nSPS) is 20.2. The molecule has 0 spiro atoms. The van der Waals surface area contributed by atoms with Gasteiger partial charge in [-0.2, -0.15) is 23.7 Å². The highest BCUT2D eigenvalue weighted by Crippen LogP contribution is 2.39. The average molecular weight is 559 g/mol. The van der Waals surface area contributed by atoms with Crippen LogP contribution >= 0.6 is 0 Å². The summed E-state index contributed by atoms with van der Waals surface area (Å²) in [5, 5.41) is 19.4. The van der Waals surface area contributed by atoms with Crippen LogP contribution in [0.3, 0.4) is 0 Å². The lowest BCUT2D eigenvalue weighted by Crippen LogP contribution is -2.55. The molecule has 2 N–H and O–H groups in total. The van der Waals surface area contributed by atoms with Gasteiger partial charge in [0.15, 0.2) is 9.84 Å². The van der Waals surface area contributed by atoms with E-state index in [1.54, 1.807) is 0 Å². The van der Waals surface area contributed by atoms with Gasteiger partial charge in [-0.3, -0.25) is 4.90 Å². The fraction of sp³-hybridized carbons (Fsp3) is 0.346. The summed E-state index contributed by atoms with van der Waals surface area (Å²) >= 11 is 0. The third-order valence-electron chi connectivity index (χ3n) is 6.65. The molecule has 0 aliphatic carbocycles. The fourth-order valence-electron chi connectivity index (χ4n) is 4.82. The maximum absolute atomic E-state index is 13.9. The molecule has 9 nitrogen and oxygen atoms in total. The number of nitrogens with two attached hydrogens (primary N) is 1. The number of benzene rings is 2. The number of alkyl halides is 3. The Morgan fingerprint density at radius 1 is 1.13 bits per heavy atom. The zero-order valence-corrected chi connectivity index (χ0v) is 21.7. The number of piperidine rings is 1. The molecule has 4 rings (SSSR count). The van der Waals surface area contributed by atoms with E-state index in [0.717, 1.165) is 18.4 Å². The van der Waals surface area contributed by atoms with Crippen LogP contribution < -0.4 is 10.6 Å². The zero-order chi connectivity index (χ0) is 28.5. The molecule has 2 atom stereocenters. The van der Waals surface area contributed by atoms with Crippen molar-refractivity contribution in [3.63, 3.8) is 0 Å². The predicted molar refractivity (Wildman–Crippen MR) is 136 cm³/mol. The Balaban J connectivity index is 1.89. The van der Waals surface area contributed by atoms with E-state index in [0.29, 0.717) is 19.4 Å². The third kappa shape index (κ3) is 5.85. The number of urea groups is 1. The number of sulfone groups is 1. The van der Waals surface area contributed by atoms with Crippen molar-refractivity contribution in [2.75, 3.05) is 30.9 Å². The number of nitriles is 2. The molecular weight excluding hydrogens is 533 g/mol. The summed E-state index contributed by atoms with van der Waals surface area (Å²) in [6.45, 7) is 0.325. The van der Waals surface area contributed by atoms with E-state index in [4.69, 9.17) is 5.73 Å². The third-order valence-corrected chi connectivity index (χ3v) is 7.80. The topological polar surface area (TPSA) is 135 Å². The van der Waals surface area contributed by atoms with Gasteiger partial charge < -0.3 is 15.5 Å². The van der Waals surface area contributed by atoms with Gasteiger partial charge in [0.1, 0.15) is 6.67 Å². The molecule has 2 aliphatic heterocycles. The number of hydrogen-bond donors (Lipinski definition) is 1. The second-order valence-corrected chi connectivity index (χ2v) is 11.5. The number of likely N-dealkylation sites (tertiary alicyclic amines) is 1. The molecule has 1 fully saturated rings. The Hall–Kier alpha value is -4.07. The van der Waals surface area contributed by atoms with E-state index < -0.39 is 33.6 Å². The zero-order valence-electron chi connectivity index (χ0n) is 20.9. The van der Waals surface area contributed by atoms with Crippen LogP contribution in [-0.4, -0.2) is 56.3 Å². The number of hydrogen-bond acceptors (Lipinski definition) is 7. The van der Waals surface area contributed by atoms with Crippen LogP contribution in [0, 0.1) is 22.7 Å². The Bertz CT molecular complexity index is 1510. The molecule has 0 unspecified atom stereocenters. The second kappa shape index (κ2) is 10.6. The molecule has 2 aliphatic rings. The van der Waals surface area contributed by atoms with Gasteiger partial charge in [-0.1, -0.05) is 12.1 Å². The quantitative estimate of drug-likeness (QED) is 0.606. The van der Waals surface area contributed by atoms with E-state index >= 15 is 0 Å². The van der Waals surface area contributed by atoms with E-state index in [9.17, 15) is 36.9 Å². The number of halogens is 3. The molecule has 13 heteroatoms. The number of carbonyl (C=O) groups excluding carboxylic acids is 1. The maximum atomic E-state index is 13.9. The molecule has 2 amide bonds. The van der Waals surface area contributed by atoms with Gasteiger partial charge in [0.25, 0.3) is 0 Å². The van der Waals surface area contributed by atoms with E-state index in [1.807, 2.05) is 12.1 Å². The summed E-state index contributed by atoms with van der Waals surface area (Å²) in [5.41, 5.74) is 5.37. The van der Waals surface area contributed by atoms with Crippen LogP contribution in [0.25, 0.3) is 0 Å². The molecule has 1 saturated heterocycles. The number of carbonyl (C=O) groups is 1. The van der Waals surface area contributed by atoms with Gasteiger partial charge in [-0.15, -0.1) is 0 Å². The smallest absolute Gasteiger partial charge is 0.329 e. The lowest BCUT2D eigenvalue weighted by Gasteiger charge is -2.44. The van der Waals surface area contributed by atoms with Crippen LogP contribution in [0.15, 0.2) is 59.1 Å². The number of nitrogens with zero attached hydrogens (tertiary/aromatic N) is 5. The SMILES string of the molecule is CS(=O)(=O)c1cc(C#N)ccc1[C@@H]1C(C#N)=CN(c2cccc(C(F)(F)F)c2)CN1C(=O)N1CCC[C@@H](N)C1. The van der Waals surface area contributed by atoms with Crippen LogP contribution in [-0.2, 0) is 16.0 Å². The molecule has 2 aromatic rings. The Morgan fingerprint density at radius 3 is 2.49 bits per heavy atom. The van der Waals surface area contributed by atoms with Gasteiger partial charge in [0, 0.05) is 37.3 Å². The summed E-state index contributed by atoms with van der Waals surface area (Å²) in [6, 6.07) is 10.3. The van der Waals surface area contributed by atoms with Crippen molar-refractivity contribution >= 4 is 21.6 Å². The van der Waals surface area contributed by atoms with Crippen molar-refractivity contribution in [1.29, 1.82) is 10.5 Å². The first kappa shape index (κ1) is 28.0. The molecule has 2 aromatic carbocycles. The molecular formula is C26H25F3N6O3S. The minimum absolute atomic E-state index is 0.0667. The molecule has 0 bridgehead atoms. The van der Waals surface area contributed by atoms with E-state index in [2.05, 4.69) is 0 Å². The van der Waals surface area contributed by atoms with Crippen molar-refractivity contribution in [1.82, 2.24) is 9.80 Å². The number of amides is 2. The Labute approximate surface area is 224 Å². The first-order valence-corrected chi connectivity index (χ1v) is 13.8.